The molecule has 0 unspecified atom stereocenters. The molecule has 198 valence electrons. The first kappa shape index (κ1) is 27.3. The van der Waals surface area contributed by atoms with Gasteiger partial charge in [0.15, 0.2) is 9.34 Å². The van der Waals surface area contributed by atoms with Crippen molar-refractivity contribution in [3.8, 4) is 5.75 Å². The van der Waals surface area contributed by atoms with E-state index in [0.717, 1.165) is 22.5 Å². The number of carbonyl (C=O) groups excluding carboxylic acids is 1. The van der Waals surface area contributed by atoms with Gasteiger partial charge in [0.1, 0.15) is 5.75 Å². The summed E-state index contributed by atoms with van der Waals surface area (Å²) in [6.07, 6.45) is 0.574. The van der Waals surface area contributed by atoms with Crippen LogP contribution in [0, 0.1) is 6.92 Å². The third kappa shape index (κ3) is 7.18. The number of sulfonamides is 1. The van der Waals surface area contributed by atoms with Gasteiger partial charge in [0.2, 0.25) is 0 Å². The Bertz CT molecular complexity index is 1440. The van der Waals surface area contributed by atoms with E-state index in [1.165, 1.54) is 4.90 Å². The van der Waals surface area contributed by atoms with Crippen molar-refractivity contribution in [1.29, 1.82) is 0 Å². The van der Waals surface area contributed by atoms with Gasteiger partial charge in [-0.3, -0.25) is 4.90 Å². The zero-order valence-corrected chi connectivity index (χ0v) is 22.9. The van der Waals surface area contributed by atoms with Crippen molar-refractivity contribution in [1.82, 2.24) is 9.71 Å². The van der Waals surface area contributed by atoms with Gasteiger partial charge in [-0.15, -0.1) is 0 Å². The molecule has 8 nitrogen and oxygen atoms in total. The Labute approximate surface area is 227 Å². The second-order valence-corrected chi connectivity index (χ2v) is 11.4. The summed E-state index contributed by atoms with van der Waals surface area (Å²) in [6.45, 7) is 4.56. The smallest absolute Gasteiger partial charge is 0.328 e. The number of nitrogens with zero attached hydrogens (tertiary/aromatic N) is 2. The number of urea groups is 1. The molecule has 4 rings (SSSR count). The average Bonchev–Trinajstić information content (AvgIpc) is 3.32. The molecule has 0 saturated heterocycles. The highest BCUT2D eigenvalue weighted by Crippen LogP contribution is 2.31. The van der Waals surface area contributed by atoms with E-state index in [9.17, 15) is 13.2 Å². The first-order valence-electron chi connectivity index (χ1n) is 12.2. The van der Waals surface area contributed by atoms with Gasteiger partial charge in [-0.1, -0.05) is 72.0 Å². The Kier molecular flexibility index (Phi) is 9.11. The van der Waals surface area contributed by atoms with Gasteiger partial charge in [-0.05, 0) is 55.7 Å². The molecule has 0 spiro atoms. The molecule has 0 aliphatic carbocycles. The fourth-order valence-electron chi connectivity index (χ4n) is 3.73. The van der Waals surface area contributed by atoms with Crippen LogP contribution in [0.2, 0.25) is 0 Å². The number of thiazole rings is 1. The maximum absolute atomic E-state index is 13.4. The molecule has 10 heteroatoms. The summed E-state index contributed by atoms with van der Waals surface area (Å²) in [5, 5.41) is 3.20. The molecule has 0 saturated carbocycles. The summed E-state index contributed by atoms with van der Waals surface area (Å²) in [7, 11) is -3.83. The minimum Gasteiger partial charge on any atom is -0.494 e. The molecule has 0 fully saturated rings. The number of aromatic nitrogens is 1. The van der Waals surface area contributed by atoms with E-state index in [4.69, 9.17) is 4.74 Å². The van der Waals surface area contributed by atoms with Crippen LogP contribution in [0.4, 0.5) is 15.6 Å². The third-order valence-corrected chi connectivity index (χ3v) is 8.85. The van der Waals surface area contributed by atoms with Crippen LogP contribution in [0.3, 0.4) is 0 Å². The number of carbonyl (C=O) groups is 1. The van der Waals surface area contributed by atoms with Crippen molar-refractivity contribution in [3.63, 3.8) is 0 Å². The molecule has 1 aromatic heterocycles. The first-order chi connectivity index (χ1) is 18.4. The van der Waals surface area contributed by atoms with Crippen molar-refractivity contribution >= 4 is 38.2 Å². The number of hydrogen-bond donors (Lipinski definition) is 2. The summed E-state index contributed by atoms with van der Waals surface area (Å²) in [5.41, 5.74) is 2.83. The molecule has 38 heavy (non-hydrogen) atoms. The molecule has 1 heterocycles. The van der Waals surface area contributed by atoms with E-state index in [0.29, 0.717) is 41.8 Å². The standard InChI is InChI=1S/C28H30N4O4S2/c1-3-36-25-16-14-24(15-17-25)31-27(33)32(19-18-22-10-6-4-7-11-22)28-30-21(2)26(37-28)38(34,35)29-20-23-12-8-5-9-13-23/h4-17,29H,3,18-20H2,1-2H3,(H,31,33). The summed E-state index contributed by atoms with van der Waals surface area (Å²) < 4.78 is 34.4. The van der Waals surface area contributed by atoms with E-state index in [1.54, 1.807) is 31.2 Å². The number of hydrogen-bond acceptors (Lipinski definition) is 6. The van der Waals surface area contributed by atoms with Crippen LogP contribution in [0.1, 0.15) is 23.7 Å². The van der Waals surface area contributed by atoms with Gasteiger partial charge in [-0.2, -0.15) is 0 Å². The van der Waals surface area contributed by atoms with E-state index >= 15 is 0 Å². The number of amides is 2. The van der Waals surface area contributed by atoms with Crippen molar-refractivity contribution in [2.24, 2.45) is 0 Å². The topological polar surface area (TPSA) is 101 Å². The lowest BCUT2D eigenvalue weighted by atomic mass is 10.1. The number of ether oxygens (including phenoxy) is 1. The molecule has 2 N–H and O–H groups in total. The fraction of sp³-hybridized carbons (Fsp3) is 0.214. The second-order valence-electron chi connectivity index (χ2n) is 8.45. The monoisotopic (exact) mass is 550 g/mol. The second kappa shape index (κ2) is 12.7. The fourth-order valence-corrected chi connectivity index (χ4v) is 6.32. The number of anilines is 2. The Morgan fingerprint density at radius 2 is 1.58 bits per heavy atom. The lowest BCUT2D eigenvalue weighted by molar-refractivity contribution is 0.257. The third-order valence-electron chi connectivity index (χ3n) is 5.66. The Hall–Kier alpha value is -3.73. The van der Waals surface area contributed by atoms with Crippen LogP contribution in [-0.2, 0) is 23.0 Å². The molecule has 2 amide bonds. The maximum Gasteiger partial charge on any atom is 0.328 e. The van der Waals surface area contributed by atoms with Gasteiger partial charge < -0.3 is 10.1 Å². The van der Waals surface area contributed by atoms with Crippen LogP contribution >= 0.6 is 11.3 Å². The zero-order chi connectivity index (χ0) is 27.0. The van der Waals surface area contributed by atoms with Gasteiger partial charge >= 0.3 is 6.03 Å². The average molecular weight is 551 g/mol. The Balaban J connectivity index is 1.56. The Morgan fingerprint density at radius 3 is 2.21 bits per heavy atom. The molecule has 3 aromatic carbocycles. The summed E-state index contributed by atoms with van der Waals surface area (Å²) in [6, 6.07) is 25.8. The van der Waals surface area contributed by atoms with Crippen molar-refractivity contribution in [2.75, 3.05) is 23.4 Å². The van der Waals surface area contributed by atoms with Gasteiger partial charge in [0.05, 0.1) is 12.3 Å². The lowest BCUT2D eigenvalue weighted by Crippen LogP contribution is -2.36. The SMILES string of the molecule is CCOc1ccc(NC(=O)N(CCc2ccccc2)c2nc(C)c(S(=O)(=O)NCc3ccccc3)s2)cc1. The number of rotatable bonds is 11. The predicted molar refractivity (Wildman–Crippen MR) is 151 cm³/mol. The van der Waals surface area contributed by atoms with Gasteiger partial charge in [0, 0.05) is 18.8 Å². The Morgan fingerprint density at radius 1 is 0.947 bits per heavy atom. The minimum atomic E-state index is -3.83. The van der Waals surface area contributed by atoms with Crippen LogP contribution in [0.5, 0.6) is 5.75 Å². The predicted octanol–water partition coefficient (Wildman–Crippen LogP) is 5.61. The highest BCUT2D eigenvalue weighted by Gasteiger charge is 2.26. The van der Waals surface area contributed by atoms with Crippen molar-refractivity contribution < 1.29 is 17.9 Å². The van der Waals surface area contributed by atoms with Crippen LogP contribution in [0.15, 0.2) is 89.1 Å². The molecule has 0 atom stereocenters. The molecular formula is C28H30N4O4S2. The minimum absolute atomic E-state index is 0.0852. The molecule has 0 radical (unpaired) electrons. The maximum atomic E-state index is 13.4. The van der Waals surface area contributed by atoms with Crippen molar-refractivity contribution in [2.45, 2.75) is 31.0 Å². The summed E-state index contributed by atoms with van der Waals surface area (Å²) in [5.74, 6) is 0.708. The van der Waals surface area contributed by atoms with Gasteiger partial charge in [-0.25, -0.2) is 22.9 Å². The van der Waals surface area contributed by atoms with Gasteiger partial charge in [0.25, 0.3) is 10.0 Å². The molecular weight excluding hydrogens is 520 g/mol. The summed E-state index contributed by atoms with van der Waals surface area (Å²) >= 11 is 0.976. The quantitative estimate of drug-likeness (QED) is 0.253. The van der Waals surface area contributed by atoms with E-state index < -0.39 is 16.1 Å². The molecule has 0 aliphatic heterocycles. The molecule has 0 aliphatic rings. The molecule has 4 aromatic rings. The van der Waals surface area contributed by atoms with Crippen LogP contribution < -0.4 is 19.7 Å². The highest BCUT2D eigenvalue weighted by molar-refractivity contribution is 7.91. The number of aryl methyl sites for hydroxylation is 1. The lowest BCUT2D eigenvalue weighted by Gasteiger charge is -2.20. The number of nitrogens with one attached hydrogen (secondary N) is 2. The zero-order valence-electron chi connectivity index (χ0n) is 21.3. The molecule has 0 bridgehead atoms. The normalized spacial score (nSPS) is 11.2. The summed E-state index contributed by atoms with van der Waals surface area (Å²) in [4.78, 5) is 19.4. The number of benzene rings is 3. The van der Waals surface area contributed by atoms with Crippen LogP contribution in [0.25, 0.3) is 0 Å². The largest absolute Gasteiger partial charge is 0.494 e. The van der Waals surface area contributed by atoms with Crippen molar-refractivity contribution in [3.05, 3.63) is 102 Å². The highest BCUT2D eigenvalue weighted by atomic mass is 32.2. The first-order valence-corrected chi connectivity index (χ1v) is 14.5. The van der Waals surface area contributed by atoms with E-state index in [2.05, 4.69) is 15.0 Å². The van der Waals surface area contributed by atoms with E-state index in [-0.39, 0.29) is 10.8 Å². The van der Waals surface area contributed by atoms with Crippen LogP contribution in [-0.4, -0.2) is 32.6 Å². The van der Waals surface area contributed by atoms with E-state index in [1.807, 2.05) is 67.6 Å².